The number of alkyl carbamates (subject to hydrolysis) is 1. The highest BCUT2D eigenvalue weighted by atomic mass is 19.1. The molecule has 6 unspecified atom stereocenters. The maximum atomic E-state index is 14.2. The Kier molecular flexibility index (Phi) is 12.5. The molecular formula is C48H58FN9O4. The molecule has 0 bridgehead atoms. The quantitative estimate of drug-likeness (QED) is 0.0973. The number of aromatic nitrogens is 4. The highest BCUT2D eigenvalue weighted by molar-refractivity contribution is 5.86. The first-order valence-electron chi connectivity index (χ1n) is 22.0. The van der Waals surface area contributed by atoms with E-state index in [1.807, 2.05) is 62.0 Å². The standard InChI is InChI=1S/C48H58FN9O4/c1-28(2)42(50)46(59)56-24-6-8-40(56)44-51-26-36(53-44)30-10-14-32(15-11-30)38-22-23-39(58(38)35-20-18-34(49)19-21-35)33-16-12-31(13-17-33)37-27-52-45(54-37)41-9-7-25-57(41)47(60)43(29(3)4)55-48(61)62-5/h10-21,26-29,38-43H,6-9,22-25,50H2,1-5H3,(H,51,53)(H,52,54)(H,55,61). The van der Waals surface area contributed by atoms with Gasteiger partial charge in [-0.15, -0.1) is 0 Å². The summed E-state index contributed by atoms with van der Waals surface area (Å²) in [6.45, 7) is 9.01. The molecular weight excluding hydrogens is 786 g/mol. The lowest BCUT2D eigenvalue weighted by Gasteiger charge is -2.33. The molecule has 5 heterocycles. The van der Waals surface area contributed by atoms with Crippen molar-refractivity contribution in [3.8, 4) is 22.5 Å². The number of carbonyl (C=O) groups excluding carboxylic acids is 3. The zero-order valence-electron chi connectivity index (χ0n) is 36.2. The highest BCUT2D eigenvalue weighted by Gasteiger charge is 2.39. The zero-order valence-corrected chi connectivity index (χ0v) is 36.2. The number of anilines is 1. The number of nitrogens with two attached hydrogens (primary N) is 1. The Bertz CT molecular complexity index is 2340. The summed E-state index contributed by atoms with van der Waals surface area (Å²) in [6, 6.07) is 22.4. The summed E-state index contributed by atoms with van der Waals surface area (Å²) in [4.78, 5) is 61.4. The molecule has 13 nitrogen and oxygen atoms in total. The summed E-state index contributed by atoms with van der Waals surface area (Å²) < 4.78 is 19.0. The van der Waals surface area contributed by atoms with Gasteiger partial charge in [-0.3, -0.25) is 9.59 Å². The summed E-state index contributed by atoms with van der Waals surface area (Å²) in [5.41, 5.74) is 13.3. The number of hydrogen-bond acceptors (Lipinski definition) is 8. The molecule has 2 aromatic heterocycles. The molecule has 326 valence electrons. The van der Waals surface area contributed by atoms with E-state index < -0.39 is 18.2 Å². The molecule has 0 aliphatic carbocycles. The molecule has 3 fully saturated rings. The van der Waals surface area contributed by atoms with Gasteiger partial charge in [-0.1, -0.05) is 76.2 Å². The number of nitrogens with zero attached hydrogens (tertiary/aromatic N) is 5. The van der Waals surface area contributed by atoms with Crippen molar-refractivity contribution in [3.05, 3.63) is 114 Å². The zero-order chi connectivity index (χ0) is 43.7. The second-order valence-electron chi connectivity index (χ2n) is 17.6. The van der Waals surface area contributed by atoms with Gasteiger partial charge in [0, 0.05) is 18.8 Å². The molecule has 14 heteroatoms. The van der Waals surface area contributed by atoms with E-state index >= 15 is 0 Å². The molecule has 0 spiro atoms. The highest BCUT2D eigenvalue weighted by Crippen LogP contribution is 2.47. The Labute approximate surface area is 362 Å². The van der Waals surface area contributed by atoms with Crippen LogP contribution < -0.4 is 16.0 Å². The summed E-state index contributed by atoms with van der Waals surface area (Å²) in [6.07, 6.45) is 8.22. The van der Waals surface area contributed by atoms with E-state index in [0.29, 0.717) is 13.1 Å². The number of nitrogens with one attached hydrogen (secondary N) is 3. The molecule has 8 rings (SSSR count). The van der Waals surface area contributed by atoms with Gasteiger partial charge in [0.2, 0.25) is 11.8 Å². The molecule has 3 aromatic carbocycles. The number of halogens is 1. The molecule has 3 aliphatic rings. The van der Waals surface area contributed by atoms with Crippen molar-refractivity contribution in [3.63, 3.8) is 0 Å². The largest absolute Gasteiger partial charge is 0.453 e. The second kappa shape index (κ2) is 18.1. The van der Waals surface area contributed by atoms with Gasteiger partial charge in [0.05, 0.1) is 61.1 Å². The second-order valence-corrected chi connectivity index (χ2v) is 17.6. The Morgan fingerprint density at radius 2 is 1.18 bits per heavy atom. The number of H-pyrrole nitrogens is 2. The van der Waals surface area contributed by atoms with Gasteiger partial charge in [-0.25, -0.2) is 19.2 Å². The van der Waals surface area contributed by atoms with E-state index in [9.17, 15) is 18.8 Å². The van der Waals surface area contributed by atoms with Crippen molar-refractivity contribution in [2.24, 2.45) is 17.6 Å². The van der Waals surface area contributed by atoms with Gasteiger partial charge < -0.3 is 40.5 Å². The average molecular weight is 844 g/mol. The first kappa shape index (κ1) is 42.7. The number of carbonyl (C=O) groups is 3. The lowest BCUT2D eigenvalue weighted by atomic mass is 10.0. The van der Waals surface area contributed by atoms with Gasteiger partial charge >= 0.3 is 6.09 Å². The molecule has 5 N–H and O–H groups in total. The first-order valence-corrected chi connectivity index (χ1v) is 22.0. The van der Waals surface area contributed by atoms with Crippen molar-refractivity contribution >= 4 is 23.6 Å². The summed E-state index contributed by atoms with van der Waals surface area (Å²) in [5.74, 6) is 0.999. The van der Waals surface area contributed by atoms with Crippen LogP contribution in [0, 0.1) is 17.7 Å². The van der Waals surface area contributed by atoms with E-state index in [0.717, 1.165) is 89.5 Å². The number of likely N-dealkylation sites (tertiary alicyclic amines) is 2. The van der Waals surface area contributed by atoms with Crippen LogP contribution in [0.15, 0.2) is 85.2 Å². The molecule has 0 saturated carbocycles. The van der Waals surface area contributed by atoms with Gasteiger partial charge in [-0.05, 0) is 96.9 Å². The normalized spacial score (nSPS) is 21.2. The summed E-state index contributed by atoms with van der Waals surface area (Å²) in [7, 11) is 1.29. The number of methoxy groups -OCH3 is 1. The Morgan fingerprint density at radius 3 is 1.63 bits per heavy atom. The van der Waals surface area contributed by atoms with Crippen LogP contribution in [-0.2, 0) is 14.3 Å². The topological polar surface area (TPSA) is 166 Å². The number of ether oxygens (including phenoxy) is 1. The molecule has 62 heavy (non-hydrogen) atoms. The van der Waals surface area contributed by atoms with Crippen LogP contribution in [-0.4, -0.2) is 79.9 Å². The lowest BCUT2D eigenvalue weighted by molar-refractivity contribution is -0.136. The van der Waals surface area contributed by atoms with E-state index in [2.05, 4.69) is 68.7 Å². The van der Waals surface area contributed by atoms with E-state index in [1.54, 1.807) is 0 Å². The SMILES string of the molecule is COC(=O)NC(C(=O)N1CCCC1c1ncc(-c2ccc(C3CCC(c4ccc(-c5cnc(C6CCCN6C(=O)C(N)C(C)C)[nH]5)cc4)N3c3ccc(F)cc3)cc2)[nH]1)C(C)C. The van der Waals surface area contributed by atoms with Crippen molar-refractivity contribution in [1.29, 1.82) is 0 Å². The first-order chi connectivity index (χ1) is 29.9. The van der Waals surface area contributed by atoms with Crippen LogP contribution in [0.4, 0.5) is 14.9 Å². The number of hydrogen-bond donors (Lipinski definition) is 4. The van der Waals surface area contributed by atoms with Gasteiger partial charge in [0.15, 0.2) is 0 Å². The number of imidazole rings is 2. The fourth-order valence-corrected chi connectivity index (χ4v) is 9.50. The molecule has 3 amide bonds. The van der Waals surface area contributed by atoms with Crippen LogP contribution in [0.3, 0.4) is 0 Å². The fraction of sp³-hybridized carbons (Fsp3) is 0.438. The predicted molar refractivity (Wildman–Crippen MR) is 236 cm³/mol. The van der Waals surface area contributed by atoms with Crippen molar-refractivity contribution in [1.82, 2.24) is 35.1 Å². The number of rotatable bonds is 12. The van der Waals surface area contributed by atoms with Crippen LogP contribution in [0.2, 0.25) is 0 Å². The number of aromatic amines is 2. The van der Waals surface area contributed by atoms with Crippen molar-refractivity contribution < 1.29 is 23.5 Å². The molecule has 0 radical (unpaired) electrons. The van der Waals surface area contributed by atoms with Crippen LogP contribution >= 0.6 is 0 Å². The number of amides is 3. The van der Waals surface area contributed by atoms with E-state index in [4.69, 9.17) is 20.4 Å². The monoisotopic (exact) mass is 843 g/mol. The molecule has 5 aromatic rings. The third kappa shape index (κ3) is 8.57. The minimum Gasteiger partial charge on any atom is -0.453 e. The minimum atomic E-state index is -0.701. The number of benzene rings is 3. The van der Waals surface area contributed by atoms with Gasteiger partial charge in [-0.2, -0.15) is 0 Å². The predicted octanol–water partition coefficient (Wildman–Crippen LogP) is 8.38. The fourth-order valence-electron chi connectivity index (χ4n) is 9.50. The maximum Gasteiger partial charge on any atom is 0.407 e. The van der Waals surface area contributed by atoms with Crippen molar-refractivity contribution in [2.75, 3.05) is 25.1 Å². The Balaban J connectivity index is 0.983. The molecule has 6 atom stereocenters. The minimum absolute atomic E-state index is 0.0243. The Hall–Kier alpha value is -6.02. The van der Waals surface area contributed by atoms with Gasteiger partial charge in [0.25, 0.3) is 0 Å². The third-order valence-electron chi connectivity index (χ3n) is 13.0. The van der Waals surface area contributed by atoms with Crippen molar-refractivity contribution in [2.45, 2.75) is 102 Å². The van der Waals surface area contributed by atoms with Crippen LogP contribution in [0.5, 0.6) is 0 Å². The maximum absolute atomic E-state index is 14.2. The van der Waals surface area contributed by atoms with Gasteiger partial charge in [0.1, 0.15) is 23.5 Å². The molecule has 3 aliphatic heterocycles. The summed E-state index contributed by atoms with van der Waals surface area (Å²) >= 11 is 0. The Morgan fingerprint density at radius 1 is 0.694 bits per heavy atom. The average Bonchev–Trinajstić information content (AvgIpc) is 4.14. The molecule has 3 saturated heterocycles. The summed E-state index contributed by atoms with van der Waals surface area (Å²) in [5, 5.41) is 2.71. The van der Waals surface area contributed by atoms with Crippen LogP contribution in [0.25, 0.3) is 22.5 Å². The van der Waals surface area contributed by atoms with E-state index in [-0.39, 0.29) is 53.6 Å². The lowest BCUT2D eigenvalue weighted by Crippen LogP contribution is -2.51. The third-order valence-corrected chi connectivity index (χ3v) is 13.0. The van der Waals surface area contributed by atoms with Crippen LogP contribution in [0.1, 0.15) is 113 Å². The van der Waals surface area contributed by atoms with E-state index in [1.165, 1.54) is 19.2 Å². The smallest absolute Gasteiger partial charge is 0.407 e.